The van der Waals surface area contributed by atoms with Crippen LogP contribution in [0.2, 0.25) is 0 Å². The van der Waals surface area contributed by atoms with E-state index >= 15 is 0 Å². The van der Waals surface area contributed by atoms with Crippen LogP contribution in [0.5, 0.6) is 5.75 Å². The molecule has 1 aromatic heterocycles. The van der Waals surface area contributed by atoms with Gasteiger partial charge in [0.1, 0.15) is 10.4 Å². The summed E-state index contributed by atoms with van der Waals surface area (Å²) in [6.07, 6.45) is -3.06. The van der Waals surface area contributed by atoms with Crippen LogP contribution in [0.25, 0.3) is 0 Å². The molecule has 0 saturated carbocycles. The molecular weight excluding hydrogens is 417 g/mol. The van der Waals surface area contributed by atoms with Gasteiger partial charge in [-0.05, 0) is 61.7 Å². The Hall–Kier alpha value is -1.28. The van der Waals surface area contributed by atoms with Crippen molar-refractivity contribution in [1.82, 2.24) is 4.98 Å². The molecule has 2 aromatic rings. The molecule has 0 saturated heterocycles. The van der Waals surface area contributed by atoms with Gasteiger partial charge >= 0.3 is 6.36 Å². The Morgan fingerprint density at radius 2 is 1.95 bits per heavy atom. The highest BCUT2D eigenvalue weighted by Gasteiger charge is 2.31. The van der Waals surface area contributed by atoms with Gasteiger partial charge in [0.25, 0.3) is 0 Å². The number of rotatable bonds is 4. The lowest BCUT2D eigenvalue weighted by atomic mass is 10.2. The summed E-state index contributed by atoms with van der Waals surface area (Å²) in [5.41, 5.74) is 1.59. The third-order valence-corrected chi connectivity index (χ3v) is 3.72. The maximum atomic E-state index is 12.2. The number of nitrogens with zero attached hydrogens (tertiary/aromatic N) is 1. The van der Waals surface area contributed by atoms with Crippen molar-refractivity contribution in [1.29, 1.82) is 0 Å². The predicted molar refractivity (Wildman–Crippen MR) is 80.1 cm³/mol. The summed E-state index contributed by atoms with van der Waals surface area (Å²) in [4.78, 5) is 4.06. The zero-order valence-corrected chi connectivity index (χ0v) is 13.6. The van der Waals surface area contributed by atoms with E-state index in [4.69, 9.17) is 0 Å². The molecule has 112 valence electrons. The number of nitrogens with one attached hydrogen (secondary N) is 1. The number of aromatic nitrogens is 1. The molecule has 0 radical (unpaired) electrons. The number of alkyl halides is 3. The van der Waals surface area contributed by atoms with Crippen molar-refractivity contribution >= 4 is 37.5 Å². The van der Waals surface area contributed by atoms with E-state index in [1.807, 2.05) is 6.07 Å². The zero-order chi connectivity index (χ0) is 15.5. The number of anilines is 1. The van der Waals surface area contributed by atoms with Gasteiger partial charge in [0.2, 0.25) is 0 Å². The number of pyridine rings is 1. The van der Waals surface area contributed by atoms with Gasteiger partial charge in [-0.1, -0.05) is 6.07 Å². The smallest absolute Gasteiger partial charge is 0.405 e. The average Bonchev–Trinajstić information content (AvgIpc) is 2.39. The van der Waals surface area contributed by atoms with Crippen molar-refractivity contribution < 1.29 is 17.9 Å². The summed E-state index contributed by atoms with van der Waals surface area (Å²) < 4.78 is 41.3. The molecule has 3 nitrogen and oxygen atoms in total. The van der Waals surface area contributed by atoms with Gasteiger partial charge in [0.15, 0.2) is 0 Å². The SMILES string of the molecule is FC(F)(F)Oc1ccc(CNc2cccnc2Br)cc1Br. The molecule has 0 spiro atoms. The van der Waals surface area contributed by atoms with E-state index in [0.29, 0.717) is 11.1 Å². The van der Waals surface area contributed by atoms with Gasteiger partial charge in [-0.15, -0.1) is 13.2 Å². The van der Waals surface area contributed by atoms with Crippen LogP contribution >= 0.6 is 31.9 Å². The first kappa shape index (κ1) is 16.1. The van der Waals surface area contributed by atoms with Crippen LogP contribution in [0.15, 0.2) is 45.6 Å². The van der Waals surface area contributed by atoms with Gasteiger partial charge in [0.05, 0.1) is 10.2 Å². The van der Waals surface area contributed by atoms with Crippen LogP contribution in [0.1, 0.15) is 5.56 Å². The van der Waals surface area contributed by atoms with Gasteiger partial charge in [-0.2, -0.15) is 0 Å². The minimum Gasteiger partial charge on any atom is -0.405 e. The molecule has 0 aliphatic heterocycles. The Morgan fingerprint density at radius 1 is 1.19 bits per heavy atom. The molecule has 0 aliphatic rings. The highest BCUT2D eigenvalue weighted by atomic mass is 79.9. The molecule has 0 atom stereocenters. The number of hydrogen-bond acceptors (Lipinski definition) is 3. The molecular formula is C13H9Br2F3N2O. The summed E-state index contributed by atoms with van der Waals surface area (Å²) in [5, 5.41) is 3.13. The van der Waals surface area contributed by atoms with E-state index in [-0.39, 0.29) is 10.2 Å². The quantitative estimate of drug-likeness (QED) is 0.690. The van der Waals surface area contributed by atoms with E-state index in [1.54, 1.807) is 24.4 Å². The van der Waals surface area contributed by atoms with Crippen molar-refractivity contribution in [3.63, 3.8) is 0 Å². The van der Waals surface area contributed by atoms with E-state index in [2.05, 4.69) is 46.9 Å². The number of ether oxygens (including phenoxy) is 1. The topological polar surface area (TPSA) is 34.1 Å². The lowest BCUT2D eigenvalue weighted by Crippen LogP contribution is -2.17. The van der Waals surface area contributed by atoms with Crippen LogP contribution in [0, 0.1) is 0 Å². The molecule has 0 aliphatic carbocycles. The second-order valence-electron chi connectivity index (χ2n) is 4.01. The molecule has 8 heteroatoms. The predicted octanol–water partition coefficient (Wildman–Crippen LogP) is 5.12. The van der Waals surface area contributed by atoms with E-state index in [0.717, 1.165) is 11.3 Å². The first-order chi connectivity index (χ1) is 9.85. The number of benzene rings is 1. The van der Waals surface area contributed by atoms with Gasteiger partial charge < -0.3 is 10.1 Å². The third-order valence-electron chi connectivity index (χ3n) is 2.46. The molecule has 1 aromatic carbocycles. The van der Waals surface area contributed by atoms with Crippen molar-refractivity contribution in [2.45, 2.75) is 12.9 Å². The fourth-order valence-corrected chi connectivity index (χ4v) is 2.47. The van der Waals surface area contributed by atoms with Crippen LogP contribution in [0.4, 0.5) is 18.9 Å². The summed E-state index contributed by atoms with van der Waals surface area (Å²) in [5.74, 6) is -0.270. The first-order valence-corrected chi connectivity index (χ1v) is 7.32. The van der Waals surface area contributed by atoms with E-state index < -0.39 is 6.36 Å². The molecule has 1 N–H and O–H groups in total. The van der Waals surface area contributed by atoms with Gasteiger partial charge in [0, 0.05) is 12.7 Å². The van der Waals surface area contributed by atoms with Crippen molar-refractivity contribution in [3.05, 3.63) is 51.2 Å². The molecule has 0 fully saturated rings. The van der Waals surface area contributed by atoms with Crippen molar-refractivity contribution in [3.8, 4) is 5.75 Å². The van der Waals surface area contributed by atoms with Crippen LogP contribution in [0.3, 0.4) is 0 Å². The maximum absolute atomic E-state index is 12.2. The molecule has 21 heavy (non-hydrogen) atoms. The largest absolute Gasteiger partial charge is 0.573 e. The molecule has 0 amide bonds. The third kappa shape index (κ3) is 4.89. The van der Waals surface area contributed by atoms with Crippen molar-refractivity contribution in [2.75, 3.05) is 5.32 Å². The summed E-state index contributed by atoms with van der Waals surface area (Å²) in [6, 6.07) is 8.02. The van der Waals surface area contributed by atoms with Crippen molar-refractivity contribution in [2.24, 2.45) is 0 Å². The van der Waals surface area contributed by atoms with Crippen LogP contribution < -0.4 is 10.1 Å². The maximum Gasteiger partial charge on any atom is 0.573 e. The highest BCUT2D eigenvalue weighted by Crippen LogP contribution is 2.31. The molecule has 0 unspecified atom stereocenters. The Kier molecular flexibility index (Phi) is 5.10. The summed E-state index contributed by atoms with van der Waals surface area (Å²) in [7, 11) is 0. The van der Waals surface area contributed by atoms with Gasteiger partial charge in [-0.25, -0.2) is 4.98 Å². The first-order valence-electron chi connectivity index (χ1n) is 5.74. The number of halogens is 5. The van der Waals surface area contributed by atoms with Gasteiger partial charge in [-0.3, -0.25) is 0 Å². The molecule has 1 heterocycles. The minimum atomic E-state index is -4.71. The average molecular weight is 426 g/mol. The highest BCUT2D eigenvalue weighted by molar-refractivity contribution is 9.10. The zero-order valence-electron chi connectivity index (χ0n) is 10.4. The van der Waals surface area contributed by atoms with Crippen LogP contribution in [-0.4, -0.2) is 11.3 Å². The summed E-state index contributed by atoms with van der Waals surface area (Å²) >= 11 is 6.37. The standard InChI is InChI=1S/C13H9Br2F3N2O/c14-9-6-8(3-4-11(9)21-13(16,17)18)7-20-10-2-1-5-19-12(10)15/h1-6,20H,7H2. The Bertz CT molecular complexity index is 635. The molecule has 0 bridgehead atoms. The second-order valence-corrected chi connectivity index (χ2v) is 5.61. The Balaban J connectivity index is 2.05. The normalized spacial score (nSPS) is 11.3. The fourth-order valence-electron chi connectivity index (χ4n) is 1.58. The lowest BCUT2D eigenvalue weighted by Gasteiger charge is -2.12. The lowest BCUT2D eigenvalue weighted by molar-refractivity contribution is -0.274. The Morgan fingerprint density at radius 3 is 2.57 bits per heavy atom. The summed E-state index contributed by atoms with van der Waals surface area (Å²) in [6.45, 7) is 0.440. The monoisotopic (exact) mass is 424 g/mol. The van der Waals surface area contributed by atoms with E-state index in [9.17, 15) is 13.2 Å². The number of hydrogen-bond donors (Lipinski definition) is 1. The fraction of sp³-hybridized carbons (Fsp3) is 0.154. The molecule has 2 rings (SSSR count). The van der Waals surface area contributed by atoms with E-state index in [1.165, 1.54) is 6.07 Å². The Labute approximate surface area is 135 Å². The minimum absolute atomic E-state index is 0.240. The second kappa shape index (κ2) is 6.65. The van der Waals surface area contributed by atoms with Crippen LogP contribution in [-0.2, 0) is 6.54 Å².